The summed E-state index contributed by atoms with van der Waals surface area (Å²) in [4.78, 5) is 17.5. The van der Waals surface area contributed by atoms with Gasteiger partial charge in [0, 0.05) is 39.3 Å². The lowest BCUT2D eigenvalue weighted by atomic mass is 10.1. The van der Waals surface area contributed by atoms with Crippen LogP contribution in [-0.4, -0.2) is 55.6 Å². The molecule has 1 aliphatic rings. The van der Waals surface area contributed by atoms with Gasteiger partial charge >= 0.3 is 6.03 Å². The highest BCUT2D eigenvalue weighted by atomic mass is 16.2. The molecular weight excluding hydrogens is 372 g/mol. The third-order valence-corrected chi connectivity index (χ3v) is 5.81. The molecule has 3 aromatic rings. The minimum Gasteiger partial charge on any atom is -0.334 e. The van der Waals surface area contributed by atoms with Crippen molar-refractivity contribution in [2.24, 2.45) is 0 Å². The van der Waals surface area contributed by atoms with Crippen LogP contribution in [0.3, 0.4) is 0 Å². The predicted octanol–water partition coefficient (Wildman–Crippen LogP) is 3.63. The fourth-order valence-electron chi connectivity index (χ4n) is 3.95. The van der Waals surface area contributed by atoms with E-state index in [-0.39, 0.29) is 12.1 Å². The van der Waals surface area contributed by atoms with E-state index in [0.29, 0.717) is 6.54 Å². The summed E-state index contributed by atoms with van der Waals surface area (Å²) in [5.41, 5.74) is 2.23. The average molecular weight is 403 g/mol. The number of nitrogens with zero attached hydrogens (tertiary/aromatic N) is 2. The first-order valence-corrected chi connectivity index (χ1v) is 10.7. The zero-order valence-electron chi connectivity index (χ0n) is 17.6. The van der Waals surface area contributed by atoms with Gasteiger partial charge in [-0.2, -0.15) is 0 Å². The molecule has 156 valence electrons. The van der Waals surface area contributed by atoms with Crippen LogP contribution in [0, 0.1) is 0 Å². The van der Waals surface area contributed by atoms with E-state index in [1.165, 1.54) is 10.8 Å². The number of hydrogen-bond donors (Lipinski definition) is 2. The van der Waals surface area contributed by atoms with Gasteiger partial charge in [0.05, 0.1) is 6.04 Å². The van der Waals surface area contributed by atoms with E-state index in [1.807, 2.05) is 30.3 Å². The van der Waals surface area contributed by atoms with E-state index in [1.54, 1.807) is 0 Å². The van der Waals surface area contributed by atoms with Gasteiger partial charge in [-0.3, -0.25) is 4.90 Å². The van der Waals surface area contributed by atoms with Gasteiger partial charge in [-0.05, 0) is 35.0 Å². The van der Waals surface area contributed by atoms with Gasteiger partial charge < -0.3 is 15.5 Å². The van der Waals surface area contributed by atoms with Crippen LogP contribution in [-0.2, 0) is 6.54 Å². The lowest BCUT2D eigenvalue weighted by molar-refractivity contribution is 0.142. The summed E-state index contributed by atoms with van der Waals surface area (Å²) in [6, 6.07) is 24.7. The van der Waals surface area contributed by atoms with Crippen LogP contribution in [0.1, 0.15) is 17.2 Å². The second kappa shape index (κ2) is 9.74. The molecule has 30 heavy (non-hydrogen) atoms. The van der Waals surface area contributed by atoms with Crippen molar-refractivity contribution in [1.29, 1.82) is 0 Å². The highest BCUT2D eigenvalue weighted by Crippen LogP contribution is 2.17. The molecule has 1 saturated heterocycles. The van der Waals surface area contributed by atoms with Gasteiger partial charge in [-0.1, -0.05) is 66.7 Å². The van der Waals surface area contributed by atoms with Crippen molar-refractivity contribution in [2.75, 3.05) is 39.8 Å². The maximum absolute atomic E-state index is 12.7. The van der Waals surface area contributed by atoms with Crippen LogP contribution < -0.4 is 10.6 Å². The Kier molecular flexibility index (Phi) is 6.62. The van der Waals surface area contributed by atoms with Crippen LogP contribution in [0.4, 0.5) is 4.79 Å². The van der Waals surface area contributed by atoms with E-state index < -0.39 is 0 Å². The lowest BCUT2D eigenvalue weighted by Crippen LogP contribution is -2.48. The van der Waals surface area contributed by atoms with Gasteiger partial charge in [-0.25, -0.2) is 4.79 Å². The number of fused-ring (bicyclic) bond motifs is 1. The maximum atomic E-state index is 12.7. The highest BCUT2D eigenvalue weighted by Gasteiger charge is 2.21. The molecule has 5 nitrogen and oxygen atoms in total. The topological polar surface area (TPSA) is 47.6 Å². The normalized spacial score (nSPS) is 16.3. The largest absolute Gasteiger partial charge is 0.334 e. The van der Waals surface area contributed by atoms with E-state index in [2.05, 4.69) is 69.9 Å². The van der Waals surface area contributed by atoms with Crippen LogP contribution in [0.2, 0.25) is 0 Å². The first-order chi connectivity index (χ1) is 14.7. The molecule has 2 N–H and O–H groups in total. The molecule has 0 unspecified atom stereocenters. The molecule has 1 atom stereocenters. The Morgan fingerprint density at radius 1 is 0.900 bits per heavy atom. The fourth-order valence-corrected chi connectivity index (χ4v) is 3.95. The minimum absolute atomic E-state index is 0.0359. The van der Waals surface area contributed by atoms with Crippen LogP contribution in [0.15, 0.2) is 72.8 Å². The Balaban J connectivity index is 1.38. The number of rotatable bonds is 6. The fraction of sp³-hybridized carbons (Fsp3) is 0.320. The monoisotopic (exact) mass is 402 g/mol. The molecular formula is C25H30N4O. The first-order valence-electron chi connectivity index (χ1n) is 10.7. The Bertz CT molecular complexity index is 967. The second-order valence-electron chi connectivity index (χ2n) is 8.08. The number of amides is 2. The van der Waals surface area contributed by atoms with Crippen molar-refractivity contribution in [3.05, 3.63) is 83.9 Å². The van der Waals surface area contributed by atoms with Gasteiger partial charge in [0.1, 0.15) is 0 Å². The van der Waals surface area contributed by atoms with Crippen LogP contribution in [0.5, 0.6) is 0 Å². The molecule has 0 saturated carbocycles. The smallest absolute Gasteiger partial charge is 0.315 e. The van der Waals surface area contributed by atoms with Crippen molar-refractivity contribution in [1.82, 2.24) is 20.4 Å². The maximum Gasteiger partial charge on any atom is 0.315 e. The van der Waals surface area contributed by atoms with E-state index in [4.69, 9.17) is 0 Å². The van der Waals surface area contributed by atoms with E-state index >= 15 is 0 Å². The number of urea groups is 1. The quantitative estimate of drug-likeness (QED) is 0.662. The van der Waals surface area contributed by atoms with Crippen LogP contribution >= 0.6 is 0 Å². The van der Waals surface area contributed by atoms with E-state index in [0.717, 1.165) is 43.9 Å². The standard InChI is InChI=1S/C25H30N4O/c1-28-13-15-29(16-14-28)19-24(22-8-3-2-4-9-22)27-25(30)26-18-20-11-12-21-7-5-6-10-23(21)17-20/h2-12,17,24H,13-16,18-19H2,1H3,(H2,26,27,30)/t24-/m1/s1. The summed E-state index contributed by atoms with van der Waals surface area (Å²) in [5.74, 6) is 0. The van der Waals surface area contributed by atoms with Gasteiger partial charge in [-0.15, -0.1) is 0 Å². The van der Waals surface area contributed by atoms with Crippen molar-refractivity contribution < 1.29 is 4.79 Å². The summed E-state index contributed by atoms with van der Waals surface area (Å²) in [5, 5.41) is 8.62. The Labute approximate surface area is 178 Å². The highest BCUT2D eigenvalue weighted by molar-refractivity contribution is 5.83. The molecule has 1 aliphatic heterocycles. The SMILES string of the molecule is CN1CCN(C[C@@H](NC(=O)NCc2ccc3ccccc3c2)c2ccccc2)CC1. The van der Waals surface area contributed by atoms with Crippen molar-refractivity contribution in [2.45, 2.75) is 12.6 Å². The lowest BCUT2D eigenvalue weighted by Gasteiger charge is -2.35. The number of piperazine rings is 1. The van der Waals surface area contributed by atoms with E-state index in [9.17, 15) is 4.79 Å². The Hall–Kier alpha value is -2.89. The molecule has 5 heteroatoms. The minimum atomic E-state index is -0.133. The molecule has 1 fully saturated rings. The number of benzene rings is 3. The third kappa shape index (κ3) is 5.38. The summed E-state index contributed by atoms with van der Waals surface area (Å²) in [6.07, 6.45) is 0. The van der Waals surface area contributed by atoms with Gasteiger partial charge in [0.2, 0.25) is 0 Å². The Morgan fingerprint density at radius 3 is 2.37 bits per heavy atom. The number of carbonyl (C=O) groups excluding carboxylic acids is 1. The molecule has 0 radical (unpaired) electrons. The third-order valence-electron chi connectivity index (χ3n) is 5.81. The summed E-state index contributed by atoms with van der Waals surface area (Å²) >= 11 is 0. The summed E-state index contributed by atoms with van der Waals surface area (Å²) < 4.78 is 0. The van der Waals surface area contributed by atoms with Crippen molar-refractivity contribution >= 4 is 16.8 Å². The Morgan fingerprint density at radius 2 is 1.60 bits per heavy atom. The molecule has 0 aromatic heterocycles. The zero-order valence-corrected chi connectivity index (χ0v) is 17.6. The second-order valence-corrected chi connectivity index (χ2v) is 8.08. The number of hydrogen-bond acceptors (Lipinski definition) is 3. The molecule has 0 aliphatic carbocycles. The van der Waals surface area contributed by atoms with Crippen molar-refractivity contribution in [3.8, 4) is 0 Å². The molecule has 2 amide bonds. The predicted molar refractivity (Wildman–Crippen MR) is 122 cm³/mol. The number of carbonyl (C=O) groups is 1. The number of nitrogens with one attached hydrogen (secondary N) is 2. The van der Waals surface area contributed by atoms with Gasteiger partial charge in [0.25, 0.3) is 0 Å². The number of likely N-dealkylation sites (N-methyl/N-ethyl adjacent to an activating group) is 1. The molecule has 1 heterocycles. The first kappa shape index (κ1) is 20.4. The zero-order chi connectivity index (χ0) is 20.8. The molecule has 0 bridgehead atoms. The summed E-state index contributed by atoms with van der Waals surface area (Å²) in [7, 11) is 2.16. The summed E-state index contributed by atoms with van der Waals surface area (Å²) in [6.45, 7) is 5.51. The van der Waals surface area contributed by atoms with Crippen LogP contribution in [0.25, 0.3) is 10.8 Å². The van der Waals surface area contributed by atoms with Crippen molar-refractivity contribution in [3.63, 3.8) is 0 Å². The molecule has 3 aromatic carbocycles. The average Bonchev–Trinajstić information content (AvgIpc) is 2.79. The molecule has 4 rings (SSSR count). The molecule has 0 spiro atoms. The van der Waals surface area contributed by atoms with Gasteiger partial charge in [0.15, 0.2) is 0 Å².